The third-order valence-electron chi connectivity index (χ3n) is 3.10. The molecule has 21 heavy (non-hydrogen) atoms. The molecule has 0 radical (unpaired) electrons. The van der Waals surface area contributed by atoms with Gasteiger partial charge < -0.3 is 24.4 Å². The molecule has 0 bridgehead atoms. The van der Waals surface area contributed by atoms with Gasteiger partial charge in [0.1, 0.15) is 23.7 Å². The minimum absolute atomic E-state index is 0.212. The molecule has 2 aliphatic heterocycles. The molecule has 2 fully saturated rings. The van der Waals surface area contributed by atoms with E-state index < -0.39 is 0 Å². The van der Waals surface area contributed by atoms with Gasteiger partial charge in [-0.15, -0.1) is 0 Å². The molecule has 2 heterocycles. The molecule has 3 rings (SSSR count). The fourth-order valence-corrected chi connectivity index (χ4v) is 1.83. The molecule has 0 aliphatic carbocycles. The van der Waals surface area contributed by atoms with E-state index in [1.807, 2.05) is 0 Å². The van der Waals surface area contributed by atoms with Crippen LogP contribution in [0.2, 0.25) is 0 Å². The monoisotopic (exact) mass is 296 g/mol. The predicted octanol–water partition coefficient (Wildman–Crippen LogP) is 2.10. The number of hydrogen-bond donors (Lipinski definition) is 2. The molecule has 0 amide bonds. The van der Waals surface area contributed by atoms with Crippen molar-refractivity contribution in [1.29, 1.82) is 0 Å². The highest BCUT2D eigenvalue weighted by Crippen LogP contribution is 2.24. The number of rotatable bonds is 6. The highest BCUT2D eigenvalue weighted by Gasteiger charge is 2.26. The van der Waals surface area contributed by atoms with Crippen molar-refractivity contribution in [1.82, 2.24) is 0 Å². The average molecular weight is 296 g/mol. The van der Waals surface area contributed by atoms with Crippen LogP contribution in [-0.4, -0.2) is 48.8 Å². The van der Waals surface area contributed by atoms with Gasteiger partial charge in [-0.2, -0.15) is 0 Å². The molecule has 118 valence electrons. The number of benzene rings is 1. The third kappa shape index (κ3) is 6.80. The minimum atomic E-state index is 0.212. The highest BCUT2D eigenvalue weighted by molar-refractivity contribution is 5.38. The zero-order chi connectivity index (χ0) is 15.2. The first kappa shape index (κ1) is 16.1. The van der Waals surface area contributed by atoms with Crippen LogP contribution in [0.15, 0.2) is 18.2 Å². The van der Waals surface area contributed by atoms with E-state index in [0.29, 0.717) is 18.1 Å². The second kappa shape index (κ2) is 7.64. The largest absolute Gasteiger partial charge is 0.508 e. The Bertz CT molecular complexity index is 426. The molecule has 1 aromatic rings. The van der Waals surface area contributed by atoms with Gasteiger partial charge in [0.15, 0.2) is 0 Å². The lowest BCUT2D eigenvalue weighted by Crippen LogP contribution is -2.06. The van der Waals surface area contributed by atoms with Crippen molar-refractivity contribution < 1.29 is 24.4 Å². The number of hydrogen-bond acceptors (Lipinski definition) is 5. The Labute approximate surface area is 125 Å². The Kier molecular flexibility index (Phi) is 5.85. The van der Waals surface area contributed by atoms with Gasteiger partial charge in [0.05, 0.1) is 26.4 Å². The number of phenols is 2. The van der Waals surface area contributed by atoms with Crippen LogP contribution in [0.3, 0.4) is 0 Å². The summed E-state index contributed by atoms with van der Waals surface area (Å²) < 4.78 is 15.1. The molecule has 2 atom stereocenters. The molecule has 0 spiro atoms. The van der Waals surface area contributed by atoms with Crippen molar-refractivity contribution in [2.75, 3.05) is 26.4 Å². The number of aromatic hydroxyl groups is 2. The Morgan fingerprint density at radius 1 is 1.14 bits per heavy atom. The van der Waals surface area contributed by atoms with Crippen LogP contribution in [0.5, 0.6) is 11.5 Å². The van der Waals surface area contributed by atoms with Crippen LogP contribution >= 0.6 is 0 Å². The smallest absolute Gasteiger partial charge is 0.119 e. The SMILES string of the molecule is C(OCC1CO1)C1CO1.CC(C)Cc1cc(O)ccc1O. The topological polar surface area (TPSA) is 74.8 Å². The van der Waals surface area contributed by atoms with Gasteiger partial charge >= 0.3 is 0 Å². The standard InChI is InChI=1S/C10H14O2.C6H10O3/c1-7(2)5-8-6-9(11)3-4-10(8)12;1(5-3-8-5)7-2-6-4-9-6/h3-4,6-7,11-12H,5H2,1-2H3;5-6H,1-4H2. The van der Waals surface area contributed by atoms with E-state index in [-0.39, 0.29) is 11.5 Å². The molecular formula is C16H24O5. The molecular weight excluding hydrogens is 272 g/mol. The van der Waals surface area contributed by atoms with Crippen LogP contribution in [0.1, 0.15) is 19.4 Å². The second-order valence-corrected chi connectivity index (χ2v) is 5.86. The van der Waals surface area contributed by atoms with Crippen LogP contribution in [0.4, 0.5) is 0 Å². The Hall–Kier alpha value is -1.30. The van der Waals surface area contributed by atoms with E-state index in [0.717, 1.165) is 38.4 Å². The minimum Gasteiger partial charge on any atom is -0.508 e. The Balaban J connectivity index is 0.000000159. The summed E-state index contributed by atoms with van der Waals surface area (Å²) >= 11 is 0. The summed E-state index contributed by atoms with van der Waals surface area (Å²) in [4.78, 5) is 0. The van der Waals surface area contributed by atoms with Crippen molar-refractivity contribution in [3.8, 4) is 11.5 Å². The molecule has 5 heteroatoms. The van der Waals surface area contributed by atoms with E-state index in [1.54, 1.807) is 6.07 Å². The Morgan fingerprint density at radius 3 is 2.19 bits per heavy atom. The summed E-state index contributed by atoms with van der Waals surface area (Å²) in [6.07, 6.45) is 1.58. The highest BCUT2D eigenvalue weighted by atomic mass is 16.6. The summed E-state index contributed by atoms with van der Waals surface area (Å²) in [6, 6.07) is 4.61. The number of epoxide rings is 2. The van der Waals surface area contributed by atoms with Crippen LogP contribution in [0.25, 0.3) is 0 Å². The van der Waals surface area contributed by atoms with Crippen molar-refractivity contribution >= 4 is 0 Å². The van der Waals surface area contributed by atoms with Gasteiger partial charge in [-0.05, 0) is 36.1 Å². The lowest BCUT2D eigenvalue weighted by atomic mass is 10.0. The molecule has 1 aromatic carbocycles. The van der Waals surface area contributed by atoms with Crippen molar-refractivity contribution in [2.45, 2.75) is 32.5 Å². The van der Waals surface area contributed by atoms with E-state index >= 15 is 0 Å². The maximum atomic E-state index is 9.37. The van der Waals surface area contributed by atoms with Crippen molar-refractivity contribution in [3.63, 3.8) is 0 Å². The maximum absolute atomic E-state index is 9.37. The lowest BCUT2D eigenvalue weighted by molar-refractivity contribution is 0.102. The van der Waals surface area contributed by atoms with Gasteiger partial charge in [0.2, 0.25) is 0 Å². The number of ether oxygens (including phenoxy) is 3. The zero-order valence-electron chi connectivity index (χ0n) is 12.6. The summed E-state index contributed by atoms with van der Waals surface area (Å²) in [5, 5.41) is 18.5. The molecule has 2 aliphatic rings. The van der Waals surface area contributed by atoms with Crippen LogP contribution in [-0.2, 0) is 20.6 Å². The summed E-state index contributed by atoms with van der Waals surface area (Å²) in [7, 11) is 0. The summed E-state index contributed by atoms with van der Waals surface area (Å²) in [5.41, 5.74) is 0.810. The van der Waals surface area contributed by atoms with E-state index in [4.69, 9.17) is 19.3 Å². The van der Waals surface area contributed by atoms with Gasteiger partial charge in [-0.25, -0.2) is 0 Å². The third-order valence-corrected chi connectivity index (χ3v) is 3.10. The first-order chi connectivity index (χ1) is 10.0. The van der Waals surface area contributed by atoms with E-state index in [1.165, 1.54) is 12.1 Å². The average Bonchev–Trinajstić information content (AvgIpc) is 3.28. The predicted molar refractivity (Wildman–Crippen MR) is 78.6 cm³/mol. The summed E-state index contributed by atoms with van der Waals surface area (Å²) in [6.45, 7) is 7.41. The quantitative estimate of drug-likeness (QED) is 0.621. The van der Waals surface area contributed by atoms with Gasteiger partial charge in [-0.3, -0.25) is 0 Å². The van der Waals surface area contributed by atoms with Gasteiger partial charge in [-0.1, -0.05) is 13.8 Å². The maximum Gasteiger partial charge on any atom is 0.119 e. The fraction of sp³-hybridized carbons (Fsp3) is 0.625. The lowest BCUT2D eigenvalue weighted by Gasteiger charge is -2.07. The van der Waals surface area contributed by atoms with Crippen molar-refractivity contribution in [2.24, 2.45) is 5.92 Å². The first-order valence-corrected chi connectivity index (χ1v) is 7.36. The molecule has 0 saturated carbocycles. The first-order valence-electron chi connectivity index (χ1n) is 7.36. The molecule has 2 N–H and O–H groups in total. The molecule has 5 nitrogen and oxygen atoms in total. The van der Waals surface area contributed by atoms with Crippen molar-refractivity contribution in [3.05, 3.63) is 23.8 Å². The Morgan fingerprint density at radius 2 is 1.71 bits per heavy atom. The number of phenolic OH excluding ortho intramolecular Hbond substituents is 2. The fourth-order valence-electron chi connectivity index (χ4n) is 1.83. The van der Waals surface area contributed by atoms with Gasteiger partial charge in [0.25, 0.3) is 0 Å². The normalized spacial score (nSPS) is 22.6. The van der Waals surface area contributed by atoms with Gasteiger partial charge in [0, 0.05) is 0 Å². The molecule has 2 unspecified atom stereocenters. The molecule has 2 saturated heterocycles. The zero-order valence-corrected chi connectivity index (χ0v) is 12.6. The summed E-state index contributed by atoms with van der Waals surface area (Å²) in [5.74, 6) is 0.961. The van der Waals surface area contributed by atoms with Crippen LogP contribution in [0, 0.1) is 5.92 Å². The van der Waals surface area contributed by atoms with Crippen LogP contribution < -0.4 is 0 Å². The van der Waals surface area contributed by atoms with E-state index in [2.05, 4.69) is 13.8 Å². The van der Waals surface area contributed by atoms with E-state index in [9.17, 15) is 5.11 Å². The molecule has 0 aromatic heterocycles. The second-order valence-electron chi connectivity index (χ2n) is 5.86.